The summed E-state index contributed by atoms with van der Waals surface area (Å²) in [5.74, 6) is -1.83. The largest absolute Gasteiger partial charge is 0.457 e. The van der Waals surface area contributed by atoms with Crippen molar-refractivity contribution in [2.75, 3.05) is 5.32 Å². The lowest BCUT2D eigenvalue weighted by atomic mass is 10.0. The van der Waals surface area contributed by atoms with Gasteiger partial charge in [0.25, 0.3) is 6.43 Å². The summed E-state index contributed by atoms with van der Waals surface area (Å²) in [5, 5.41) is 3.06. The number of ether oxygens (including phenoxy) is 1. The highest BCUT2D eigenvalue weighted by Gasteiger charge is 2.22. The number of hydrogen-bond acceptors (Lipinski definition) is 7. The molecule has 0 saturated heterocycles. The zero-order chi connectivity index (χ0) is 24.2. The van der Waals surface area contributed by atoms with Gasteiger partial charge in [0.15, 0.2) is 0 Å². The monoisotopic (exact) mass is 469 g/mol. The Balaban J connectivity index is 1.63. The van der Waals surface area contributed by atoms with Crippen LogP contribution in [-0.4, -0.2) is 15.9 Å². The summed E-state index contributed by atoms with van der Waals surface area (Å²) in [6.07, 6.45) is -1.86. The van der Waals surface area contributed by atoms with Gasteiger partial charge in [-0.1, -0.05) is 48.5 Å². The minimum Gasteiger partial charge on any atom is -0.457 e. The van der Waals surface area contributed by atoms with Gasteiger partial charge in [-0.25, -0.2) is 32.7 Å². The van der Waals surface area contributed by atoms with Crippen molar-refractivity contribution in [1.82, 2.24) is 9.97 Å². The van der Waals surface area contributed by atoms with Gasteiger partial charge in [0, 0.05) is 5.56 Å². The molecule has 1 N–H and O–H groups in total. The molecule has 2 aromatic heterocycles. The fourth-order valence-corrected chi connectivity index (χ4v) is 3.35. The van der Waals surface area contributed by atoms with Crippen LogP contribution in [0.1, 0.15) is 46.4 Å². The molecule has 0 amide bonds. The Hall–Kier alpha value is -4.21. The van der Waals surface area contributed by atoms with Gasteiger partial charge < -0.3 is 14.5 Å². The smallest absolute Gasteiger partial charge is 0.352 e. The maximum absolute atomic E-state index is 14.6. The number of nitrogens with zero attached hydrogens (tertiary/aromatic N) is 2. The molecule has 0 bridgehead atoms. The van der Waals surface area contributed by atoms with Crippen LogP contribution in [0.3, 0.4) is 0 Å². The molecule has 10 heteroatoms. The van der Waals surface area contributed by atoms with Gasteiger partial charge in [0.2, 0.25) is 5.71 Å². The molecule has 0 spiro atoms. The van der Waals surface area contributed by atoms with Gasteiger partial charge in [-0.05, 0) is 18.6 Å². The van der Waals surface area contributed by atoms with Crippen LogP contribution >= 0.6 is 0 Å². The molecule has 4 aromatic rings. The Morgan fingerprint density at radius 3 is 2.56 bits per heavy atom. The van der Waals surface area contributed by atoms with Crippen LogP contribution in [0.5, 0.6) is 0 Å². The number of alkyl halides is 2. The Kier molecular flexibility index (Phi) is 6.58. The molecule has 0 aliphatic heterocycles. The van der Waals surface area contributed by atoms with Crippen LogP contribution in [0.4, 0.5) is 19.0 Å². The molecule has 1 atom stereocenters. The number of fused-ring (bicyclic) bond motifs is 1. The van der Waals surface area contributed by atoms with Crippen LogP contribution in [-0.2, 0) is 11.3 Å². The highest BCUT2D eigenvalue weighted by molar-refractivity contribution is 5.95. The first-order valence-corrected chi connectivity index (χ1v) is 10.2. The lowest BCUT2D eigenvalue weighted by Crippen LogP contribution is -2.17. The van der Waals surface area contributed by atoms with Gasteiger partial charge in [-0.2, -0.15) is 0 Å². The van der Waals surface area contributed by atoms with E-state index in [0.717, 1.165) is 18.0 Å². The first-order valence-electron chi connectivity index (χ1n) is 10.2. The van der Waals surface area contributed by atoms with Gasteiger partial charge >= 0.3 is 11.6 Å². The van der Waals surface area contributed by atoms with E-state index in [2.05, 4.69) is 15.3 Å². The number of rotatable bonds is 7. The summed E-state index contributed by atoms with van der Waals surface area (Å²) >= 11 is 0. The topological polar surface area (TPSA) is 94.3 Å². The van der Waals surface area contributed by atoms with Crippen molar-refractivity contribution in [1.29, 1.82) is 0 Å². The third-order valence-electron chi connectivity index (χ3n) is 5.09. The summed E-state index contributed by atoms with van der Waals surface area (Å²) in [7, 11) is 0. The Morgan fingerprint density at radius 2 is 1.82 bits per heavy atom. The minimum absolute atomic E-state index is 0.00978. The third kappa shape index (κ3) is 4.75. The van der Waals surface area contributed by atoms with Crippen LogP contribution in [0.2, 0.25) is 0 Å². The van der Waals surface area contributed by atoms with E-state index in [4.69, 9.17) is 9.15 Å². The maximum Gasteiger partial charge on any atom is 0.352 e. The molecule has 0 fully saturated rings. The quantitative estimate of drug-likeness (QED) is 0.372. The van der Waals surface area contributed by atoms with Crippen molar-refractivity contribution in [2.45, 2.75) is 26.0 Å². The highest BCUT2D eigenvalue weighted by atomic mass is 19.3. The van der Waals surface area contributed by atoms with E-state index in [1.54, 1.807) is 31.2 Å². The average molecular weight is 469 g/mol. The van der Waals surface area contributed by atoms with E-state index in [1.165, 1.54) is 18.2 Å². The number of benzene rings is 2. The summed E-state index contributed by atoms with van der Waals surface area (Å²) in [4.78, 5) is 32.8. The molecule has 7 nitrogen and oxygen atoms in total. The lowest BCUT2D eigenvalue weighted by molar-refractivity contribution is 0.0468. The van der Waals surface area contributed by atoms with Gasteiger partial charge in [-0.3, -0.25) is 0 Å². The normalized spacial score (nSPS) is 12.0. The van der Waals surface area contributed by atoms with E-state index < -0.39 is 35.4 Å². The van der Waals surface area contributed by atoms with Crippen LogP contribution in [0.25, 0.3) is 11.1 Å². The minimum atomic E-state index is -2.97. The molecule has 174 valence electrons. The number of carbonyl (C=O) groups excluding carboxylic acids is 1. The number of halogens is 3. The molecule has 0 saturated carbocycles. The third-order valence-corrected chi connectivity index (χ3v) is 5.09. The van der Waals surface area contributed by atoms with Crippen LogP contribution in [0.15, 0.2) is 70.1 Å². The second-order valence-corrected chi connectivity index (χ2v) is 7.37. The zero-order valence-electron chi connectivity index (χ0n) is 17.8. The van der Waals surface area contributed by atoms with E-state index in [9.17, 15) is 22.8 Å². The van der Waals surface area contributed by atoms with Crippen LogP contribution in [0, 0.1) is 5.82 Å². The summed E-state index contributed by atoms with van der Waals surface area (Å²) in [6, 6.07) is 13.0. The zero-order valence-corrected chi connectivity index (χ0v) is 17.8. The number of nitrogens with one attached hydrogen (secondary N) is 1. The van der Waals surface area contributed by atoms with Crippen molar-refractivity contribution in [3.63, 3.8) is 0 Å². The SMILES string of the molecule is C[C@@H](Nc1ncnc2oc(=O)c(C(=O)OCc3ccccc3)cc12)c1cccc(C(F)F)c1F. The van der Waals surface area contributed by atoms with E-state index in [-0.39, 0.29) is 34.7 Å². The Morgan fingerprint density at radius 1 is 1.09 bits per heavy atom. The number of aromatic nitrogens is 2. The second-order valence-electron chi connectivity index (χ2n) is 7.37. The van der Waals surface area contributed by atoms with Crippen molar-refractivity contribution in [2.24, 2.45) is 0 Å². The highest BCUT2D eigenvalue weighted by Crippen LogP contribution is 2.30. The fraction of sp³-hybridized carbons (Fsp3) is 0.167. The van der Waals surface area contributed by atoms with Crippen molar-refractivity contribution in [3.05, 3.63) is 99.4 Å². The van der Waals surface area contributed by atoms with Crippen molar-refractivity contribution < 1.29 is 27.1 Å². The maximum atomic E-state index is 14.6. The summed E-state index contributed by atoms with van der Waals surface area (Å²) in [5.41, 5.74) is -1.43. The molecule has 34 heavy (non-hydrogen) atoms. The molecule has 2 heterocycles. The van der Waals surface area contributed by atoms with Gasteiger partial charge in [0.1, 0.15) is 30.1 Å². The van der Waals surface area contributed by atoms with E-state index >= 15 is 0 Å². The second kappa shape index (κ2) is 9.74. The molecule has 0 radical (unpaired) electrons. The lowest BCUT2D eigenvalue weighted by Gasteiger charge is -2.18. The van der Waals surface area contributed by atoms with Crippen molar-refractivity contribution in [3.8, 4) is 0 Å². The van der Waals surface area contributed by atoms with Crippen LogP contribution < -0.4 is 10.9 Å². The van der Waals surface area contributed by atoms with Crippen molar-refractivity contribution >= 4 is 22.9 Å². The molecular weight excluding hydrogens is 451 g/mol. The summed E-state index contributed by atoms with van der Waals surface area (Å²) < 4.78 is 51.1. The van der Waals surface area contributed by atoms with E-state index in [0.29, 0.717) is 0 Å². The Labute approximate surface area is 191 Å². The summed E-state index contributed by atoms with van der Waals surface area (Å²) in [6.45, 7) is 1.50. The predicted octanol–water partition coefficient (Wildman–Crippen LogP) is 5.19. The number of hydrogen-bond donors (Lipinski definition) is 1. The first-order chi connectivity index (χ1) is 16.3. The first kappa shape index (κ1) is 23.0. The Bertz CT molecular complexity index is 1390. The predicted molar refractivity (Wildman–Crippen MR) is 117 cm³/mol. The number of carbonyl (C=O) groups is 1. The number of esters is 1. The molecule has 0 aliphatic rings. The molecule has 0 aliphatic carbocycles. The van der Waals surface area contributed by atoms with Gasteiger partial charge in [-0.15, -0.1) is 0 Å². The molecule has 0 unspecified atom stereocenters. The average Bonchev–Trinajstić information content (AvgIpc) is 2.82. The van der Waals surface area contributed by atoms with Gasteiger partial charge in [0.05, 0.1) is 17.0 Å². The molecular formula is C24H18F3N3O4. The number of anilines is 1. The molecule has 2 aromatic carbocycles. The molecule has 4 rings (SSSR count). The fourth-order valence-electron chi connectivity index (χ4n) is 3.35. The standard InChI is InChI=1S/C24H18F3N3O4/c1-13(15-8-5-9-16(19(15)25)20(26)27)30-21-17-10-18(24(32)34-22(17)29-12-28-21)23(31)33-11-14-6-3-2-4-7-14/h2-10,12-13,20H,11H2,1H3,(H,28,29,30)/t13-/m1/s1. The van der Waals surface area contributed by atoms with E-state index in [1.807, 2.05) is 6.07 Å².